The highest BCUT2D eigenvalue weighted by molar-refractivity contribution is 5.80. The molecule has 0 atom stereocenters. The summed E-state index contributed by atoms with van der Waals surface area (Å²) in [5.74, 6) is -0.950. The van der Waals surface area contributed by atoms with Crippen molar-refractivity contribution >= 4 is 18.1 Å². The monoisotopic (exact) mass is 292 g/mol. The molecule has 2 heteroatoms. The Balaban J connectivity index is 2.73. The smallest absolute Gasteiger partial charge is 0.328 e. The molecule has 0 saturated carbocycles. The average molecular weight is 292 g/mol. The first-order valence-corrected chi connectivity index (χ1v) is 7.03. The van der Waals surface area contributed by atoms with Crippen LogP contribution in [-0.4, -0.2) is 11.1 Å². The molecule has 0 amide bonds. The Hall–Kier alpha value is -2.87. The Kier molecular flexibility index (Phi) is 8.48. The lowest BCUT2D eigenvalue weighted by atomic mass is 10.1. The minimum Gasteiger partial charge on any atom is -0.478 e. The lowest BCUT2D eigenvalue weighted by Gasteiger charge is -1.98. The molecule has 1 rings (SSSR count). The molecule has 22 heavy (non-hydrogen) atoms. The molecule has 112 valence electrons. The van der Waals surface area contributed by atoms with Gasteiger partial charge in [0.2, 0.25) is 0 Å². The molecule has 0 bridgehead atoms. The van der Waals surface area contributed by atoms with Gasteiger partial charge in [-0.2, -0.15) is 0 Å². The molecule has 0 radical (unpaired) electrons. The first-order valence-electron chi connectivity index (χ1n) is 7.03. The highest BCUT2D eigenvalue weighted by atomic mass is 16.4. The maximum Gasteiger partial charge on any atom is 0.328 e. The fraction of sp³-hybridized carbons (Fsp3) is 0.0500. The predicted octanol–water partition coefficient (Wildman–Crippen LogP) is 5.04. The van der Waals surface area contributed by atoms with Crippen molar-refractivity contribution < 1.29 is 9.90 Å². The van der Waals surface area contributed by atoms with E-state index in [1.165, 1.54) is 6.08 Å². The summed E-state index contributed by atoms with van der Waals surface area (Å²) in [5, 5.41) is 8.54. The van der Waals surface area contributed by atoms with Gasteiger partial charge in [-0.1, -0.05) is 91.1 Å². The first kappa shape index (κ1) is 17.2. The van der Waals surface area contributed by atoms with Gasteiger partial charge < -0.3 is 5.11 Å². The zero-order valence-corrected chi connectivity index (χ0v) is 12.6. The van der Waals surface area contributed by atoms with E-state index in [1.54, 1.807) is 6.08 Å². The molecule has 0 fully saturated rings. The predicted molar refractivity (Wildman–Crippen MR) is 94.4 cm³/mol. The van der Waals surface area contributed by atoms with Crippen LogP contribution in [0.3, 0.4) is 0 Å². The quantitative estimate of drug-likeness (QED) is 0.564. The Bertz CT molecular complexity index is 641. The number of benzene rings is 1. The lowest BCUT2D eigenvalue weighted by Crippen LogP contribution is -1.84. The molecule has 0 heterocycles. The molecular weight excluding hydrogens is 272 g/mol. The highest BCUT2D eigenvalue weighted by Gasteiger charge is 1.92. The van der Waals surface area contributed by atoms with Gasteiger partial charge in [-0.25, -0.2) is 4.79 Å². The van der Waals surface area contributed by atoms with Crippen molar-refractivity contribution in [2.75, 3.05) is 0 Å². The third kappa shape index (κ3) is 7.65. The number of carboxylic acids is 1. The highest BCUT2D eigenvalue weighted by Crippen LogP contribution is 2.12. The van der Waals surface area contributed by atoms with Crippen LogP contribution in [0.2, 0.25) is 0 Å². The molecule has 0 spiro atoms. The second-order valence-corrected chi connectivity index (χ2v) is 4.34. The van der Waals surface area contributed by atoms with E-state index in [0.717, 1.165) is 17.2 Å². The Morgan fingerprint density at radius 1 is 0.818 bits per heavy atom. The average Bonchev–Trinajstić information content (AvgIpc) is 2.51. The first-order chi connectivity index (χ1) is 10.7. The van der Waals surface area contributed by atoms with Crippen LogP contribution in [-0.2, 0) is 4.79 Å². The van der Waals surface area contributed by atoms with E-state index in [2.05, 4.69) is 0 Å². The number of allylic oxidation sites excluding steroid dienone is 9. The summed E-state index contributed by atoms with van der Waals surface area (Å²) in [6.07, 6.45) is 22.0. The molecule has 1 aromatic carbocycles. The van der Waals surface area contributed by atoms with Crippen molar-refractivity contribution in [2.45, 2.75) is 6.92 Å². The van der Waals surface area contributed by atoms with E-state index < -0.39 is 5.97 Å². The van der Waals surface area contributed by atoms with Gasteiger partial charge in [0.15, 0.2) is 0 Å². The normalized spacial score (nSPS) is 13.0. The minimum absolute atomic E-state index is 0.950. The summed E-state index contributed by atoms with van der Waals surface area (Å²) in [6, 6.07) is 7.92. The van der Waals surface area contributed by atoms with Gasteiger partial charge in [0.05, 0.1) is 0 Å². The SMILES string of the molecule is CC=CC=CC=CC=Cc1ccccc1C=CC=CC(=O)O. The molecule has 0 aromatic heterocycles. The number of hydrogen-bond donors (Lipinski definition) is 1. The van der Waals surface area contributed by atoms with Crippen LogP contribution < -0.4 is 0 Å². The van der Waals surface area contributed by atoms with Crippen LogP contribution in [0, 0.1) is 0 Å². The number of carboxylic acid groups (broad SMARTS) is 1. The Morgan fingerprint density at radius 3 is 1.86 bits per heavy atom. The summed E-state index contributed by atoms with van der Waals surface area (Å²) < 4.78 is 0. The van der Waals surface area contributed by atoms with Crippen molar-refractivity contribution in [1.82, 2.24) is 0 Å². The van der Waals surface area contributed by atoms with Gasteiger partial charge in [-0.05, 0) is 18.1 Å². The zero-order valence-electron chi connectivity index (χ0n) is 12.6. The van der Waals surface area contributed by atoms with Crippen molar-refractivity contribution in [3.05, 3.63) is 96.2 Å². The Morgan fingerprint density at radius 2 is 1.32 bits per heavy atom. The van der Waals surface area contributed by atoms with E-state index >= 15 is 0 Å². The van der Waals surface area contributed by atoms with Crippen LogP contribution in [0.5, 0.6) is 0 Å². The number of carbonyl (C=O) groups is 1. The molecule has 0 saturated heterocycles. The molecule has 0 aliphatic rings. The van der Waals surface area contributed by atoms with Crippen LogP contribution in [0.25, 0.3) is 12.2 Å². The third-order valence-electron chi connectivity index (χ3n) is 2.65. The van der Waals surface area contributed by atoms with Crippen LogP contribution in [0.15, 0.2) is 85.0 Å². The van der Waals surface area contributed by atoms with Crippen LogP contribution in [0.4, 0.5) is 0 Å². The summed E-state index contributed by atoms with van der Waals surface area (Å²) in [6.45, 7) is 1.98. The van der Waals surface area contributed by atoms with E-state index in [0.29, 0.717) is 0 Å². The largest absolute Gasteiger partial charge is 0.478 e. The van der Waals surface area contributed by atoms with E-state index in [4.69, 9.17) is 5.11 Å². The van der Waals surface area contributed by atoms with Gasteiger partial charge in [-0.15, -0.1) is 0 Å². The van der Waals surface area contributed by atoms with Gasteiger partial charge in [0.1, 0.15) is 0 Å². The maximum absolute atomic E-state index is 10.4. The summed E-state index contributed by atoms with van der Waals surface area (Å²) in [5.41, 5.74) is 2.11. The zero-order chi connectivity index (χ0) is 16.0. The molecule has 1 aromatic rings. The molecule has 0 aliphatic heterocycles. The van der Waals surface area contributed by atoms with Crippen LogP contribution in [0.1, 0.15) is 18.1 Å². The lowest BCUT2D eigenvalue weighted by molar-refractivity contribution is -0.131. The maximum atomic E-state index is 10.4. The number of rotatable bonds is 7. The summed E-state index contributed by atoms with van der Waals surface area (Å²) in [4.78, 5) is 10.4. The second kappa shape index (κ2) is 10.9. The molecular formula is C20H20O2. The third-order valence-corrected chi connectivity index (χ3v) is 2.65. The van der Waals surface area contributed by atoms with E-state index in [-0.39, 0.29) is 0 Å². The number of aliphatic carboxylic acids is 1. The van der Waals surface area contributed by atoms with Crippen molar-refractivity contribution in [3.8, 4) is 0 Å². The minimum atomic E-state index is -0.950. The summed E-state index contributed by atoms with van der Waals surface area (Å²) >= 11 is 0. The van der Waals surface area contributed by atoms with Crippen molar-refractivity contribution in [3.63, 3.8) is 0 Å². The topological polar surface area (TPSA) is 37.3 Å². The van der Waals surface area contributed by atoms with E-state index in [9.17, 15) is 4.79 Å². The van der Waals surface area contributed by atoms with Crippen molar-refractivity contribution in [1.29, 1.82) is 0 Å². The fourth-order valence-corrected chi connectivity index (χ4v) is 1.64. The standard InChI is InChI=1S/C20H20O2/c1-2-3-4-5-6-7-8-13-18-14-9-10-15-19(18)16-11-12-17-20(21)22/h2-17H,1H3,(H,21,22). The molecule has 0 aliphatic carbocycles. The van der Waals surface area contributed by atoms with Gasteiger partial charge in [0, 0.05) is 6.08 Å². The molecule has 2 nitrogen and oxygen atoms in total. The number of hydrogen-bond acceptors (Lipinski definition) is 1. The van der Waals surface area contributed by atoms with Gasteiger partial charge >= 0.3 is 5.97 Å². The Labute approximate surface area is 131 Å². The molecule has 1 N–H and O–H groups in total. The summed E-state index contributed by atoms with van der Waals surface area (Å²) in [7, 11) is 0. The second-order valence-electron chi connectivity index (χ2n) is 4.34. The van der Waals surface area contributed by atoms with Crippen LogP contribution >= 0.6 is 0 Å². The van der Waals surface area contributed by atoms with Gasteiger partial charge in [0.25, 0.3) is 0 Å². The van der Waals surface area contributed by atoms with E-state index in [1.807, 2.05) is 85.9 Å². The van der Waals surface area contributed by atoms with Gasteiger partial charge in [-0.3, -0.25) is 0 Å². The fourth-order valence-electron chi connectivity index (χ4n) is 1.64. The molecule has 0 unspecified atom stereocenters. The van der Waals surface area contributed by atoms with Crippen molar-refractivity contribution in [2.24, 2.45) is 0 Å².